The van der Waals surface area contributed by atoms with E-state index in [-0.39, 0.29) is 12.5 Å². The second-order valence-electron chi connectivity index (χ2n) is 5.57. The SMILES string of the molecule is C[C@@]1(C#N)CCCN(C(=O)COCc2ccccc2)C1. The number of hydrogen-bond acceptors (Lipinski definition) is 3. The minimum atomic E-state index is -0.409. The van der Waals surface area contributed by atoms with Crippen LogP contribution in [0.2, 0.25) is 0 Å². The fourth-order valence-electron chi connectivity index (χ4n) is 2.47. The predicted molar refractivity (Wildman–Crippen MR) is 75.6 cm³/mol. The van der Waals surface area contributed by atoms with E-state index in [1.807, 2.05) is 37.3 Å². The van der Waals surface area contributed by atoms with Crippen LogP contribution in [0.15, 0.2) is 30.3 Å². The van der Waals surface area contributed by atoms with Crippen molar-refractivity contribution in [1.29, 1.82) is 5.26 Å². The summed E-state index contributed by atoms with van der Waals surface area (Å²) in [6.45, 7) is 3.67. The van der Waals surface area contributed by atoms with Gasteiger partial charge in [0.05, 0.1) is 18.1 Å². The third-order valence-corrected chi connectivity index (χ3v) is 3.66. The van der Waals surface area contributed by atoms with Crippen LogP contribution in [0.1, 0.15) is 25.3 Å². The van der Waals surface area contributed by atoms with Gasteiger partial charge in [-0.15, -0.1) is 0 Å². The zero-order chi connectivity index (χ0) is 14.4. The number of amides is 1. The number of piperidine rings is 1. The molecule has 20 heavy (non-hydrogen) atoms. The number of nitriles is 1. The molecule has 4 heteroatoms. The Hall–Kier alpha value is -1.86. The summed E-state index contributed by atoms with van der Waals surface area (Å²) in [6.07, 6.45) is 1.74. The molecule has 106 valence electrons. The highest BCUT2D eigenvalue weighted by Gasteiger charge is 2.32. The van der Waals surface area contributed by atoms with Crippen molar-refractivity contribution >= 4 is 5.91 Å². The van der Waals surface area contributed by atoms with Gasteiger partial charge in [-0.25, -0.2) is 0 Å². The highest BCUT2D eigenvalue weighted by molar-refractivity contribution is 5.77. The molecule has 1 heterocycles. The lowest BCUT2D eigenvalue weighted by molar-refractivity contribution is -0.139. The van der Waals surface area contributed by atoms with Crippen LogP contribution >= 0.6 is 0 Å². The molecule has 0 radical (unpaired) electrons. The molecule has 0 unspecified atom stereocenters. The molecule has 0 spiro atoms. The first kappa shape index (κ1) is 14.5. The van der Waals surface area contributed by atoms with Gasteiger partial charge in [0, 0.05) is 13.1 Å². The Morgan fingerprint density at radius 2 is 2.20 bits per heavy atom. The number of nitrogens with zero attached hydrogens (tertiary/aromatic N) is 2. The minimum Gasteiger partial charge on any atom is -0.367 e. The van der Waals surface area contributed by atoms with Gasteiger partial charge in [-0.05, 0) is 25.3 Å². The van der Waals surface area contributed by atoms with Crippen molar-refractivity contribution in [2.75, 3.05) is 19.7 Å². The van der Waals surface area contributed by atoms with Crippen molar-refractivity contribution in [3.63, 3.8) is 0 Å². The van der Waals surface area contributed by atoms with Gasteiger partial charge in [-0.2, -0.15) is 5.26 Å². The maximum Gasteiger partial charge on any atom is 0.248 e. The highest BCUT2D eigenvalue weighted by atomic mass is 16.5. The summed E-state index contributed by atoms with van der Waals surface area (Å²) in [6, 6.07) is 12.1. The monoisotopic (exact) mass is 272 g/mol. The van der Waals surface area contributed by atoms with Crippen LogP contribution in [0.4, 0.5) is 0 Å². The first-order valence-electron chi connectivity index (χ1n) is 6.94. The van der Waals surface area contributed by atoms with E-state index in [0.717, 1.165) is 24.9 Å². The van der Waals surface area contributed by atoms with Crippen molar-refractivity contribution < 1.29 is 9.53 Å². The third kappa shape index (κ3) is 3.82. The fraction of sp³-hybridized carbons (Fsp3) is 0.500. The van der Waals surface area contributed by atoms with Gasteiger partial charge in [0.1, 0.15) is 6.61 Å². The molecule has 1 fully saturated rings. The van der Waals surface area contributed by atoms with Gasteiger partial charge in [0.15, 0.2) is 0 Å². The highest BCUT2D eigenvalue weighted by Crippen LogP contribution is 2.28. The van der Waals surface area contributed by atoms with Crippen LogP contribution in [0.25, 0.3) is 0 Å². The first-order valence-corrected chi connectivity index (χ1v) is 6.94. The molecular weight excluding hydrogens is 252 g/mol. The van der Waals surface area contributed by atoms with Crippen molar-refractivity contribution in [3.05, 3.63) is 35.9 Å². The zero-order valence-corrected chi connectivity index (χ0v) is 11.8. The van der Waals surface area contributed by atoms with Crippen LogP contribution in [-0.4, -0.2) is 30.5 Å². The quantitative estimate of drug-likeness (QED) is 0.845. The standard InChI is InChI=1S/C16H20N2O2/c1-16(12-17)8-5-9-18(13-16)15(19)11-20-10-14-6-3-2-4-7-14/h2-4,6-7H,5,8-11,13H2,1H3/t16-/m0/s1. The summed E-state index contributed by atoms with van der Waals surface area (Å²) in [4.78, 5) is 13.8. The maximum atomic E-state index is 12.1. The number of hydrogen-bond donors (Lipinski definition) is 0. The van der Waals surface area contributed by atoms with Crippen LogP contribution in [0.5, 0.6) is 0 Å². The molecule has 1 aromatic carbocycles. The van der Waals surface area contributed by atoms with Crippen molar-refractivity contribution in [3.8, 4) is 6.07 Å². The predicted octanol–water partition coefficient (Wildman–Crippen LogP) is 2.36. The Bertz CT molecular complexity index is 495. The van der Waals surface area contributed by atoms with E-state index in [0.29, 0.717) is 13.2 Å². The van der Waals surface area contributed by atoms with Crippen LogP contribution in [0.3, 0.4) is 0 Å². The van der Waals surface area contributed by atoms with E-state index in [1.54, 1.807) is 4.90 Å². The third-order valence-electron chi connectivity index (χ3n) is 3.66. The van der Waals surface area contributed by atoms with Gasteiger partial charge in [-0.1, -0.05) is 30.3 Å². The Balaban J connectivity index is 1.79. The van der Waals surface area contributed by atoms with E-state index >= 15 is 0 Å². The molecule has 0 saturated carbocycles. The average Bonchev–Trinajstić information content (AvgIpc) is 2.48. The van der Waals surface area contributed by atoms with Gasteiger partial charge in [0.2, 0.25) is 5.91 Å². The minimum absolute atomic E-state index is 0.0258. The van der Waals surface area contributed by atoms with Crippen molar-refractivity contribution in [1.82, 2.24) is 4.90 Å². The Kier molecular flexibility index (Phi) is 4.75. The van der Waals surface area contributed by atoms with Crippen molar-refractivity contribution in [2.45, 2.75) is 26.4 Å². The van der Waals surface area contributed by atoms with Crippen LogP contribution in [-0.2, 0) is 16.1 Å². The molecule has 0 aliphatic carbocycles. The summed E-state index contributed by atoms with van der Waals surface area (Å²) in [5, 5.41) is 9.16. The number of carbonyl (C=O) groups excluding carboxylic acids is 1. The summed E-state index contributed by atoms with van der Waals surface area (Å²) >= 11 is 0. The topological polar surface area (TPSA) is 53.3 Å². The molecule has 1 atom stereocenters. The molecule has 0 aromatic heterocycles. The summed E-state index contributed by atoms with van der Waals surface area (Å²) in [5.74, 6) is -0.0258. The Morgan fingerprint density at radius 3 is 2.90 bits per heavy atom. The largest absolute Gasteiger partial charge is 0.367 e. The lowest BCUT2D eigenvalue weighted by atomic mass is 9.83. The van der Waals surface area contributed by atoms with Crippen LogP contribution in [0, 0.1) is 16.7 Å². The van der Waals surface area contributed by atoms with Gasteiger partial charge < -0.3 is 9.64 Å². The van der Waals surface area contributed by atoms with E-state index in [2.05, 4.69) is 6.07 Å². The maximum absolute atomic E-state index is 12.1. The summed E-state index contributed by atoms with van der Waals surface area (Å²) in [7, 11) is 0. The average molecular weight is 272 g/mol. The summed E-state index contributed by atoms with van der Waals surface area (Å²) in [5.41, 5.74) is 0.647. The lowest BCUT2D eigenvalue weighted by Crippen LogP contribution is -2.45. The second kappa shape index (κ2) is 6.53. The first-order chi connectivity index (χ1) is 9.63. The number of ether oxygens (including phenoxy) is 1. The molecule has 4 nitrogen and oxygen atoms in total. The molecule has 1 aliphatic rings. The molecular formula is C16H20N2O2. The smallest absolute Gasteiger partial charge is 0.248 e. The van der Waals surface area contributed by atoms with E-state index in [4.69, 9.17) is 10.00 Å². The van der Waals surface area contributed by atoms with E-state index < -0.39 is 5.41 Å². The van der Waals surface area contributed by atoms with Gasteiger partial charge in [0.25, 0.3) is 0 Å². The van der Waals surface area contributed by atoms with E-state index in [9.17, 15) is 4.79 Å². The Labute approximate surface area is 120 Å². The molecule has 1 aliphatic heterocycles. The second-order valence-corrected chi connectivity index (χ2v) is 5.57. The van der Waals surface area contributed by atoms with Crippen LogP contribution < -0.4 is 0 Å². The molecule has 1 saturated heterocycles. The van der Waals surface area contributed by atoms with Crippen molar-refractivity contribution in [2.24, 2.45) is 5.41 Å². The Morgan fingerprint density at radius 1 is 1.45 bits per heavy atom. The van der Waals surface area contributed by atoms with E-state index in [1.165, 1.54) is 0 Å². The molecule has 1 amide bonds. The lowest BCUT2D eigenvalue weighted by Gasteiger charge is -2.35. The molecule has 0 N–H and O–H groups in total. The summed E-state index contributed by atoms with van der Waals surface area (Å²) < 4.78 is 5.46. The molecule has 2 rings (SSSR count). The fourth-order valence-corrected chi connectivity index (χ4v) is 2.47. The molecule has 1 aromatic rings. The van der Waals surface area contributed by atoms with Gasteiger partial charge >= 0.3 is 0 Å². The normalized spacial score (nSPS) is 22.3. The van der Waals surface area contributed by atoms with Gasteiger partial charge in [-0.3, -0.25) is 4.79 Å². The number of likely N-dealkylation sites (tertiary alicyclic amines) is 1. The zero-order valence-electron chi connectivity index (χ0n) is 11.8. The number of benzene rings is 1. The molecule has 0 bridgehead atoms. The number of carbonyl (C=O) groups is 1. The number of rotatable bonds is 4.